The minimum absolute atomic E-state index is 0.0146. The number of rotatable bonds is 4. The van der Waals surface area contributed by atoms with Crippen molar-refractivity contribution in [3.8, 4) is 0 Å². The highest BCUT2D eigenvalue weighted by molar-refractivity contribution is 6.30. The van der Waals surface area contributed by atoms with Gasteiger partial charge in [0.05, 0.1) is 13.1 Å². The van der Waals surface area contributed by atoms with Crippen LogP contribution >= 0.6 is 11.6 Å². The second kappa shape index (κ2) is 9.21. The summed E-state index contributed by atoms with van der Waals surface area (Å²) in [7, 11) is 1.62. The van der Waals surface area contributed by atoms with Crippen molar-refractivity contribution in [3.05, 3.63) is 34.9 Å². The van der Waals surface area contributed by atoms with Crippen LogP contribution in [0.5, 0.6) is 0 Å². The average molecular weight is 432 g/mol. The summed E-state index contributed by atoms with van der Waals surface area (Å²) in [5, 5.41) is 3.88. The molecule has 2 aliphatic heterocycles. The molecular weight excluding hydrogens is 407 g/mol. The van der Waals surface area contributed by atoms with Crippen LogP contribution < -0.4 is 5.32 Å². The first kappa shape index (κ1) is 21.7. The van der Waals surface area contributed by atoms with Crippen LogP contribution in [0.3, 0.4) is 0 Å². The standard InChI is InChI=1S/C19H25ClF3N5O/c1-24-18(25-16-6-7-26(11-16)13-19(21,22)23)28-9-8-27(17(29)12-28)10-14-2-4-15(20)5-3-14/h2-5,16H,6-13H2,1H3,(H,24,25). The van der Waals surface area contributed by atoms with E-state index >= 15 is 0 Å². The minimum Gasteiger partial charge on any atom is -0.352 e. The molecule has 0 aromatic heterocycles. The van der Waals surface area contributed by atoms with Gasteiger partial charge in [-0.3, -0.25) is 14.7 Å². The molecule has 2 aliphatic rings. The second-order valence-electron chi connectivity index (χ2n) is 7.39. The number of hydrogen-bond donors (Lipinski definition) is 1. The summed E-state index contributed by atoms with van der Waals surface area (Å²) in [6, 6.07) is 7.28. The molecule has 2 fully saturated rings. The van der Waals surface area contributed by atoms with Crippen LogP contribution in [-0.2, 0) is 11.3 Å². The zero-order valence-electron chi connectivity index (χ0n) is 16.3. The maximum Gasteiger partial charge on any atom is 0.401 e. The number of amides is 1. The van der Waals surface area contributed by atoms with E-state index in [1.165, 1.54) is 4.90 Å². The van der Waals surface area contributed by atoms with Gasteiger partial charge in [-0.05, 0) is 24.1 Å². The largest absolute Gasteiger partial charge is 0.401 e. The fraction of sp³-hybridized carbons (Fsp3) is 0.579. The first-order chi connectivity index (χ1) is 13.7. The number of benzene rings is 1. The molecule has 0 radical (unpaired) electrons. The Morgan fingerprint density at radius 1 is 1.24 bits per heavy atom. The Hall–Kier alpha value is -2.00. The number of halogens is 4. The van der Waals surface area contributed by atoms with Gasteiger partial charge < -0.3 is 15.1 Å². The SMILES string of the molecule is CN=C(NC1CCN(CC(F)(F)F)C1)N1CCN(Cc2ccc(Cl)cc2)C(=O)C1. The molecule has 3 rings (SSSR count). The molecule has 160 valence electrons. The molecule has 1 atom stereocenters. The Kier molecular flexibility index (Phi) is 6.89. The van der Waals surface area contributed by atoms with Gasteiger partial charge in [-0.25, -0.2) is 0 Å². The van der Waals surface area contributed by atoms with E-state index in [4.69, 9.17) is 11.6 Å². The number of alkyl halides is 3. The molecule has 29 heavy (non-hydrogen) atoms. The van der Waals surface area contributed by atoms with Gasteiger partial charge in [-0.2, -0.15) is 13.2 Å². The number of nitrogens with zero attached hydrogens (tertiary/aromatic N) is 4. The summed E-state index contributed by atoms with van der Waals surface area (Å²) in [5.41, 5.74) is 1.01. The van der Waals surface area contributed by atoms with Crippen LogP contribution in [0.2, 0.25) is 5.02 Å². The van der Waals surface area contributed by atoms with E-state index < -0.39 is 12.7 Å². The Morgan fingerprint density at radius 2 is 1.97 bits per heavy atom. The van der Waals surface area contributed by atoms with Gasteiger partial charge in [-0.1, -0.05) is 23.7 Å². The molecule has 2 saturated heterocycles. The van der Waals surface area contributed by atoms with Crippen molar-refractivity contribution in [2.45, 2.75) is 25.2 Å². The number of hydrogen-bond acceptors (Lipinski definition) is 3. The zero-order valence-corrected chi connectivity index (χ0v) is 17.0. The third kappa shape index (κ3) is 6.24. The summed E-state index contributed by atoms with van der Waals surface area (Å²) in [4.78, 5) is 21.8. The number of piperazine rings is 1. The first-order valence-corrected chi connectivity index (χ1v) is 9.91. The molecule has 0 aliphatic carbocycles. The van der Waals surface area contributed by atoms with Gasteiger partial charge in [0.15, 0.2) is 5.96 Å². The monoisotopic (exact) mass is 431 g/mol. The van der Waals surface area contributed by atoms with Crippen molar-refractivity contribution in [2.24, 2.45) is 4.99 Å². The number of carbonyl (C=O) groups excluding carboxylic acids is 1. The molecule has 6 nitrogen and oxygen atoms in total. The number of likely N-dealkylation sites (tertiary alicyclic amines) is 1. The normalized spacial score (nSPS) is 21.8. The summed E-state index contributed by atoms with van der Waals surface area (Å²) < 4.78 is 37.7. The summed E-state index contributed by atoms with van der Waals surface area (Å²) in [6.07, 6.45) is -3.58. The van der Waals surface area contributed by atoms with Gasteiger partial charge in [0.1, 0.15) is 0 Å². The van der Waals surface area contributed by atoms with Crippen LogP contribution in [0.4, 0.5) is 13.2 Å². The van der Waals surface area contributed by atoms with Gasteiger partial charge in [0, 0.05) is 50.8 Å². The van der Waals surface area contributed by atoms with Crippen LogP contribution in [0.15, 0.2) is 29.3 Å². The fourth-order valence-electron chi connectivity index (χ4n) is 3.69. The number of aliphatic imine (C=N–C) groups is 1. The van der Waals surface area contributed by atoms with E-state index in [1.54, 1.807) is 24.1 Å². The Labute approximate surface area is 173 Å². The van der Waals surface area contributed by atoms with Crippen molar-refractivity contribution < 1.29 is 18.0 Å². The Balaban J connectivity index is 1.50. The number of nitrogens with one attached hydrogen (secondary N) is 1. The Bertz CT molecular complexity index is 740. The zero-order chi connectivity index (χ0) is 21.0. The highest BCUT2D eigenvalue weighted by Gasteiger charge is 2.35. The van der Waals surface area contributed by atoms with Gasteiger partial charge in [0.2, 0.25) is 5.91 Å². The van der Waals surface area contributed by atoms with Crippen molar-refractivity contribution in [3.63, 3.8) is 0 Å². The average Bonchev–Trinajstić information content (AvgIpc) is 3.08. The van der Waals surface area contributed by atoms with E-state index in [9.17, 15) is 18.0 Å². The van der Waals surface area contributed by atoms with E-state index in [-0.39, 0.29) is 18.5 Å². The molecule has 1 unspecified atom stereocenters. The lowest BCUT2D eigenvalue weighted by atomic mass is 10.2. The van der Waals surface area contributed by atoms with E-state index in [2.05, 4.69) is 10.3 Å². The summed E-state index contributed by atoms with van der Waals surface area (Å²) in [5.74, 6) is 0.544. The molecule has 2 heterocycles. The number of guanidine groups is 1. The van der Waals surface area contributed by atoms with E-state index in [0.29, 0.717) is 50.1 Å². The third-order valence-corrected chi connectivity index (χ3v) is 5.38. The molecule has 1 amide bonds. The molecule has 1 N–H and O–H groups in total. The molecule has 0 bridgehead atoms. The first-order valence-electron chi connectivity index (χ1n) is 9.53. The van der Waals surface area contributed by atoms with Crippen molar-refractivity contribution in [1.82, 2.24) is 20.0 Å². The van der Waals surface area contributed by atoms with Crippen LogP contribution in [-0.4, -0.2) is 85.1 Å². The van der Waals surface area contributed by atoms with Gasteiger partial charge >= 0.3 is 6.18 Å². The van der Waals surface area contributed by atoms with E-state index in [0.717, 1.165) is 5.56 Å². The summed E-state index contributed by atoms with van der Waals surface area (Å²) in [6.45, 7) is 1.67. The smallest absolute Gasteiger partial charge is 0.352 e. The van der Waals surface area contributed by atoms with Crippen LogP contribution in [0, 0.1) is 0 Å². The molecule has 0 spiro atoms. The van der Waals surface area contributed by atoms with Crippen molar-refractivity contribution in [2.75, 3.05) is 46.3 Å². The Morgan fingerprint density at radius 3 is 2.59 bits per heavy atom. The topological polar surface area (TPSA) is 51.2 Å². The third-order valence-electron chi connectivity index (χ3n) is 5.13. The number of carbonyl (C=O) groups is 1. The van der Waals surface area contributed by atoms with Crippen LogP contribution in [0.25, 0.3) is 0 Å². The maximum atomic E-state index is 12.6. The fourth-order valence-corrected chi connectivity index (χ4v) is 3.82. The molecule has 1 aromatic rings. The van der Waals surface area contributed by atoms with E-state index in [1.807, 2.05) is 17.0 Å². The lowest BCUT2D eigenvalue weighted by Gasteiger charge is -2.36. The van der Waals surface area contributed by atoms with Crippen molar-refractivity contribution >= 4 is 23.5 Å². The lowest BCUT2D eigenvalue weighted by Crippen LogP contribution is -2.56. The second-order valence-corrected chi connectivity index (χ2v) is 7.83. The predicted octanol–water partition coefficient (Wildman–Crippen LogP) is 2.20. The highest BCUT2D eigenvalue weighted by atomic mass is 35.5. The quantitative estimate of drug-likeness (QED) is 0.586. The van der Waals surface area contributed by atoms with Crippen molar-refractivity contribution in [1.29, 1.82) is 0 Å². The van der Waals surface area contributed by atoms with Gasteiger partial charge in [-0.15, -0.1) is 0 Å². The lowest BCUT2D eigenvalue weighted by molar-refractivity contribution is -0.143. The van der Waals surface area contributed by atoms with Gasteiger partial charge in [0.25, 0.3) is 0 Å². The molecule has 10 heteroatoms. The highest BCUT2D eigenvalue weighted by Crippen LogP contribution is 2.20. The molecule has 0 saturated carbocycles. The maximum absolute atomic E-state index is 12.6. The van der Waals surface area contributed by atoms with Crippen LogP contribution in [0.1, 0.15) is 12.0 Å². The molecule has 1 aromatic carbocycles. The minimum atomic E-state index is -4.19. The molecular formula is C19H25ClF3N5O. The predicted molar refractivity (Wildman–Crippen MR) is 106 cm³/mol. The summed E-state index contributed by atoms with van der Waals surface area (Å²) >= 11 is 5.90.